The Morgan fingerprint density at radius 3 is 2.80 bits per heavy atom. The standard InChI is InChI=1S/C21H21N3O/c25-21(19-10-4-8-17-9-5-12-22-20(17)19)23-18-11-13-24(15-18)14-16-6-2-1-3-7-16/h1-10,12,18H,11,13-15H2,(H,23,25)/t18-/m1/s1. The summed E-state index contributed by atoms with van der Waals surface area (Å²) in [6.45, 7) is 2.83. The predicted molar refractivity (Wildman–Crippen MR) is 99.3 cm³/mol. The number of carbonyl (C=O) groups excluding carboxylic acids is 1. The molecule has 1 saturated heterocycles. The molecule has 4 rings (SSSR count). The number of hydrogen-bond acceptors (Lipinski definition) is 3. The molecule has 1 fully saturated rings. The number of benzene rings is 2. The number of nitrogens with zero attached hydrogens (tertiary/aromatic N) is 2. The zero-order chi connectivity index (χ0) is 17.1. The number of aromatic nitrogens is 1. The van der Waals surface area contributed by atoms with E-state index in [0.29, 0.717) is 5.56 Å². The van der Waals surface area contributed by atoms with Crippen molar-refractivity contribution in [2.24, 2.45) is 0 Å². The topological polar surface area (TPSA) is 45.2 Å². The minimum Gasteiger partial charge on any atom is -0.348 e. The third kappa shape index (κ3) is 3.54. The van der Waals surface area contributed by atoms with Gasteiger partial charge in [0.25, 0.3) is 5.91 Å². The number of pyridine rings is 1. The summed E-state index contributed by atoms with van der Waals surface area (Å²) >= 11 is 0. The molecule has 2 aromatic carbocycles. The van der Waals surface area contributed by atoms with Gasteiger partial charge in [0.1, 0.15) is 0 Å². The summed E-state index contributed by atoms with van der Waals surface area (Å²) in [5.41, 5.74) is 2.73. The second kappa shape index (κ2) is 7.03. The van der Waals surface area contributed by atoms with Crippen molar-refractivity contribution >= 4 is 16.8 Å². The molecule has 1 atom stereocenters. The molecule has 1 aliphatic heterocycles. The fourth-order valence-corrected chi connectivity index (χ4v) is 3.49. The lowest BCUT2D eigenvalue weighted by molar-refractivity contribution is 0.0939. The highest BCUT2D eigenvalue weighted by Gasteiger charge is 2.24. The lowest BCUT2D eigenvalue weighted by Crippen LogP contribution is -2.37. The summed E-state index contributed by atoms with van der Waals surface area (Å²) < 4.78 is 0. The summed E-state index contributed by atoms with van der Waals surface area (Å²) in [5, 5.41) is 4.18. The fraction of sp³-hybridized carbons (Fsp3) is 0.238. The lowest BCUT2D eigenvalue weighted by atomic mass is 10.1. The van der Waals surface area contributed by atoms with Crippen LogP contribution in [-0.2, 0) is 6.54 Å². The quantitative estimate of drug-likeness (QED) is 0.798. The second-order valence-electron chi connectivity index (χ2n) is 6.56. The number of hydrogen-bond donors (Lipinski definition) is 1. The Balaban J connectivity index is 1.41. The van der Waals surface area contributed by atoms with E-state index in [1.807, 2.05) is 36.4 Å². The highest BCUT2D eigenvalue weighted by Crippen LogP contribution is 2.18. The van der Waals surface area contributed by atoms with Crippen LogP contribution in [0, 0.1) is 0 Å². The summed E-state index contributed by atoms with van der Waals surface area (Å²) in [4.78, 5) is 19.5. The molecule has 4 nitrogen and oxygen atoms in total. The van der Waals surface area contributed by atoms with Gasteiger partial charge in [-0.15, -0.1) is 0 Å². The van der Waals surface area contributed by atoms with E-state index >= 15 is 0 Å². The monoisotopic (exact) mass is 331 g/mol. The molecule has 0 saturated carbocycles. The summed E-state index contributed by atoms with van der Waals surface area (Å²) in [5.74, 6) is -0.0316. The SMILES string of the molecule is O=C(N[C@@H]1CCN(Cc2ccccc2)C1)c1cccc2cccnc12. The van der Waals surface area contributed by atoms with Crippen LogP contribution in [0.1, 0.15) is 22.3 Å². The predicted octanol–water partition coefficient (Wildman–Crippen LogP) is 3.24. The van der Waals surface area contributed by atoms with E-state index in [1.54, 1.807) is 6.20 Å². The zero-order valence-corrected chi connectivity index (χ0v) is 14.1. The summed E-state index contributed by atoms with van der Waals surface area (Å²) in [6, 6.07) is 20.3. The zero-order valence-electron chi connectivity index (χ0n) is 14.1. The average Bonchev–Trinajstić information content (AvgIpc) is 3.09. The van der Waals surface area contributed by atoms with Crippen LogP contribution < -0.4 is 5.32 Å². The van der Waals surface area contributed by atoms with Crippen LogP contribution >= 0.6 is 0 Å². The van der Waals surface area contributed by atoms with Gasteiger partial charge in [-0.25, -0.2) is 0 Å². The Morgan fingerprint density at radius 2 is 1.92 bits per heavy atom. The molecular formula is C21H21N3O. The third-order valence-corrected chi connectivity index (χ3v) is 4.73. The van der Waals surface area contributed by atoms with Crippen LogP contribution in [0.4, 0.5) is 0 Å². The van der Waals surface area contributed by atoms with Crippen molar-refractivity contribution in [3.63, 3.8) is 0 Å². The van der Waals surface area contributed by atoms with Crippen LogP contribution in [0.25, 0.3) is 10.9 Å². The number of amides is 1. The van der Waals surface area contributed by atoms with Crippen molar-refractivity contribution in [1.29, 1.82) is 0 Å². The number of fused-ring (bicyclic) bond motifs is 1. The maximum Gasteiger partial charge on any atom is 0.253 e. The van der Waals surface area contributed by atoms with Crippen molar-refractivity contribution < 1.29 is 4.79 Å². The Kier molecular flexibility index (Phi) is 4.44. The minimum atomic E-state index is -0.0316. The number of likely N-dealkylation sites (tertiary alicyclic amines) is 1. The second-order valence-corrected chi connectivity index (χ2v) is 6.56. The fourth-order valence-electron chi connectivity index (χ4n) is 3.49. The molecule has 0 bridgehead atoms. The van der Waals surface area contributed by atoms with Crippen LogP contribution in [0.5, 0.6) is 0 Å². The van der Waals surface area contributed by atoms with Gasteiger partial charge in [0.15, 0.2) is 0 Å². The van der Waals surface area contributed by atoms with E-state index in [4.69, 9.17) is 0 Å². The average molecular weight is 331 g/mol. The van der Waals surface area contributed by atoms with Gasteiger partial charge in [0.2, 0.25) is 0 Å². The molecule has 0 unspecified atom stereocenters. The highest BCUT2D eigenvalue weighted by atomic mass is 16.1. The molecule has 2 heterocycles. The van der Waals surface area contributed by atoms with Gasteiger partial charge in [0.05, 0.1) is 11.1 Å². The molecule has 126 valence electrons. The Morgan fingerprint density at radius 1 is 1.08 bits per heavy atom. The Bertz CT molecular complexity index is 873. The maximum absolute atomic E-state index is 12.7. The first-order chi connectivity index (χ1) is 12.3. The van der Waals surface area contributed by atoms with Gasteiger partial charge >= 0.3 is 0 Å². The lowest BCUT2D eigenvalue weighted by Gasteiger charge is -2.17. The van der Waals surface area contributed by atoms with Crippen LogP contribution in [0.15, 0.2) is 66.9 Å². The smallest absolute Gasteiger partial charge is 0.253 e. The van der Waals surface area contributed by atoms with Gasteiger partial charge in [0, 0.05) is 37.3 Å². The third-order valence-electron chi connectivity index (χ3n) is 4.73. The Hall–Kier alpha value is -2.72. The van der Waals surface area contributed by atoms with E-state index in [9.17, 15) is 4.79 Å². The summed E-state index contributed by atoms with van der Waals surface area (Å²) in [7, 11) is 0. The van der Waals surface area contributed by atoms with E-state index < -0.39 is 0 Å². The summed E-state index contributed by atoms with van der Waals surface area (Å²) in [6.07, 6.45) is 2.72. The van der Waals surface area contributed by atoms with Crippen molar-refractivity contribution in [1.82, 2.24) is 15.2 Å². The highest BCUT2D eigenvalue weighted by molar-refractivity contribution is 6.05. The molecule has 25 heavy (non-hydrogen) atoms. The molecule has 1 aliphatic rings. The van der Waals surface area contributed by atoms with E-state index in [-0.39, 0.29) is 11.9 Å². The Labute approximate surface area is 147 Å². The van der Waals surface area contributed by atoms with Crippen LogP contribution in [-0.4, -0.2) is 34.9 Å². The van der Waals surface area contributed by atoms with Crippen LogP contribution in [0.3, 0.4) is 0 Å². The molecule has 1 N–H and O–H groups in total. The molecule has 1 aromatic heterocycles. The van der Waals surface area contributed by atoms with E-state index in [2.05, 4.69) is 39.5 Å². The minimum absolute atomic E-state index is 0.0316. The van der Waals surface area contributed by atoms with Crippen molar-refractivity contribution in [3.05, 3.63) is 78.0 Å². The van der Waals surface area contributed by atoms with Gasteiger partial charge < -0.3 is 5.32 Å². The largest absolute Gasteiger partial charge is 0.348 e. The first-order valence-corrected chi connectivity index (χ1v) is 8.70. The van der Waals surface area contributed by atoms with E-state index in [0.717, 1.165) is 37.0 Å². The number of rotatable bonds is 4. The molecule has 4 heteroatoms. The van der Waals surface area contributed by atoms with E-state index in [1.165, 1.54) is 5.56 Å². The van der Waals surface area contributed by atoms with Crippen molar-refractivity contribution in [2.45, 2.75) is 19.0 Å². The molecule has 1 amide bonds. The maximum atomic E-state index is 12.7. The van der Waals surface area contributed by atoms with Gasteiger partial charge in [-0.2, -0.15) is 0 Å². The number of carbonyl (C=O) groups is 1. The molecular weight excluding hydrogens is 310 g/mol. The number of para-hydroxylation sites is 1. The first kappa shape index (κ1) is 15.8. The number of nitrogens with one attached hydrogen (secondary N) is 1. The molecule has 0 radical (unpaired) electrons. The van der Waals surface area contributed by atoms with Gasteiger partial charge in [-0.05, 0) is 24.1 Å². The first-order valence-electron chi connectivity index (χ1n) is 8.70. The molecule has 0 spiro atoms. The van der Waals surface area contributed by atoms with Gasteiger partial charge in [-0.1, -0.05) is 48.5 Å². The van der Waals surface area contributed by atoms with Crippen molar-refractivity contribution in [2.75, 3.05) is 13.1 Å². The molecule has 3 aromatic rings. The van der Waals surface area contributed by atoms with Crippen molar-refractivity contribution in [3.8, 4) is 0 Å². The normalized spacial score (nSPS) is 17.7. The van der Waals surface area contributed by atoms with Crippen LogP contribution in [0.2, 0.25) is 0 Å². The molecule has 0 aliphatic carbocycles. The van der Waals surface area contributed by atoms with Gasteiger partial charge in [-0.3, -0.25) is 14.7 Å².